The topological polar surface area (TPSA) is 106 Å². The fraction of sp³-hybridized carbons (Fsp3) is 0.556. The minimum atomic E-state index is -3.17. The first-order valence-electron chi connectivity index (χ1n) is 4.97. The smallest absolute Gasteiger partial charge is 0.339 e. The summed E-state index contributed by atoms with van der Waals surface area (Å²) in [6.07, 6.45) is 2.25. The molecule has 18 heavy (non-hydrogen) atoms. The van der Waals surface area contributed by atoms with Crippen LogP contribution in [0.3, 0.4) is 0 Å². The first-order chi connectivity index (χ1) is 8.20. The van der Waals surface area contributed by atoms with Crippen molar-refractivity contribution < 1.29 is 22.5 Å². The summed E-state index contributed by atoms with van der Waals surface area (Å²) in [7, 11) is -3.05. The van der Waals surface area contributed by atoms with E-state index in [9.17, 15) is 17.4 Å². The van der Waals surface area contributed by atoms with Crippen LogP contribution in [0.25, 0.3) is 0 Å². The second-order valence-electron chi connectivity index (χ2n) is 3.85. The van der Waals surface area contributed by atoms with E-state index in [1.807, 2.05) is 0 Å². The van der Waals surface area contributed by atoms with Gasteiger partial charge in [-0.3, -0.25) is 8.89 Å². The van der Waals surface area contributed by atoms with E-state index in [-0.39, 0.29) is 22.8 Å². The number of nitrogens with zero attached hydrogens (tertiary/aromatic N) is 2. The maximum absolute atomic E-state index is 11.7. The van der Waals surface area contributed by atoms with E-state index in [1.54, 1.807) is 7.05 Å². The van der Waals surface area contributed by atoms with Gasteiger partial charge in [0.25, 0.3) is 0 Å². The zero-order chi connectivity index (χ0) is 13.9. The number of carboxylic acids is 1. The predicted octanol–water partition coefficient (Wildman–Crippen LogP) is -0.588. The van der Waals surface area contributed by atoms with Crippen molar-refractivity contribution in [2.45, 2.75) is 5.75 Å². The molecule has 0 spiro atoms. The van der Waals surface area contributed by atoms with Gasteiger partial charge in [-0.15, -0.1) is 0 Å². The zero-order valence-electron chi connectivity index (χ0n) is 9.99. The Labute approximate surface area is 107 Å². The zero-order valence-corrected chi connectivity index (χ0v) is 11.6. The first-order valence-corrected chi connectivity index (χ1v) is 8.52. The number of sulfone groups is 1. The normalized spacial score (nSPS) is 13.4. The lowest BCUT2D eigenvalue weighted by Crippen LogP contribution is -2.15. The number of aromatic carboxylic acids is 1. The molecule has 0 aliphatic carbocycles. The molecule has 1 aromatic heterocycles. The van der Waals surface area contributed by atoms with Gasteiger partial charge in [0, 0.05) is 29.9 Å². The molecular formula is C9H14N2O5S2. The van der Waals surface area contributed by atoms with Crippen LogP contribution in [0.1, 0.15) is 16.1 Å². The van der Waals surface area contributed by atoms with Crippen LogP contribution < -0.4 is 0 Å². The van der Waals surface area contributed by atoms with E-state index in [1.165, 1.54) is 10.9 Å². The van der Waals surface area contributed by atoms with Crippen LogP contribution in [0, 0.1) is 0 Å². The summed E-state index contributed by atoms with van der Waals surface area (Å²) in [5.41, 5.74) is 0.319. The van der Waals surface area contributed by atoms with E-state index in [2.05, 4.69) is 5.10 Å². The summed E-state index contributed by atoms with van der Waals surface area (Å²) in [6, 6.07) is 0. The lowest BCUT2D eigenvalue weighted by atomic mass is 10.3. The maximum Gasteiger partial charge on any atom is 0.339 e. The number of rotatable bonds is 6. The summed E-state index contributed by atoms with van der Waals surface area (Å²) < 4.78 is 34.9. The SMILES string of the molecule is Cn1ncc(C(=O)O)c1CS(=O)CCS(C)(=O)=O. The molecule has 0 saturated carbocycles. The van der Waals surface area contributed by atoms with Gasteiger partial charge in [-0.05, 0) is 0 Å². The van der Waals surface area contributed by atoms with Crippen molar-refractivity contribution >= 4 is 26.6 Å². The summed E-state index contributed by atoms with van der Waals surface area (Å²) in [5.74, 6) is -1.35. The van der Waals surface area contributed by atoms with Crippen molar-refractivity contribution in [3.05, 3.63) is 17.5 Å². The van der Waals surface area contributed by atoms with Gasteiger partial charge in [-0.1, -0.05) is 0 Å². The van der Waals surface area contributed by atoms with Gasteiger partial charge in [-0.25, -0.2) is 13.2 Å². The number of hydrogen-bond donors (Lipinski definition) is 1. The second kappa shape index (κ2) is 5.61. The molecule has 0 fully saturated rings. The largest absolute Gasteiger partial charge is 0.478 e. The molecule has 1 atom stereocenters. The van der Waals surface area contributed by atoms with Crippen LogP contribution in [0.4, 0.5) is 0 Å². The number of aromatic nitrogens is 2. The molecule has 1 unspecified atom stereocenters. The molecule has 0 aromatic carbocycles. The maximum atomic E-state index is 11.7. The predicted molar refractivity (Wildman–Crippen MR) is 66.6 cm³/mol. The highest BCUT2D eigenvalue weighted by molar-refractivity contribution is 7.92. The minimum absolute atomic E-state index is 0.00907. The summed E-state index contributed by atoms with van der Waals surface area (Å²) >= 11 is 0. The third-order valence-corrected chi connectivity index (χ3v) is 4.73. The Morgan fingerprint density at radius 1 is 1.56 bits per heavy atom. The van der Waals surface area contributed by atoms with Crippen LogP contribution in [-0.4, -0.2) is 51.2 Å². The molecule has 1 heterocycles. The minimum Gasteiger partial charge on any atom is -0.478 e. The molecule has 0 bridgehead atoms. The lowest BCUT2D eigenvalue weighted by Gasteiger charge is -2.04. The highest BCUT2D eigenvalue weighted by atomic mass is 32.2. The van der Waals surface area contributed by atoms with Gasteiger partial charge in [0.15, 0.2) is 0 Å². The van der Waals surface area contributed by atoms with Crippen LogP contribution in [-0.2, 0) is 33.4 Å². The standard InChI is InChI=1S/C9H14N2O5S2/c1-11-8(7(5-10-11)9(12)13)6-17(14)3-4-18(2,15)16/h5H,3-4,6H2,1-2H3,(H,12,13). The van der Waals surface area contributed by atoms with Crippen molar-refractivity contribution in [2.75, 3.05) is 17.8 Å². The lowest BCUT2D eigenvalue weighted by molar-refractivity contribution is 0.0696. The number of carbonyl (C=O) groups is 1. The van der Waals surface area contributed by atoms with Crippen molar-refractivity contribution in [3.8, 4) is 0 Å². The van der Waals surface area contributed by atoms with Crippen LogP contribution in [0.15, 0.2) is 6.20 Å². The molecule has 0 saturated heterocycles. The summed E-state index contributed by atoms with van der Waals surface area (Å²) in [4.78, 5) is 10.9. The van der Waals surface area contributed by atoms with E-state index in [0.29, 0.717) is 5.69 Å². The average Bonchev–Trinajstić information content (AvgIpc) is 2.57. The quantitative estimate of drug-likeness (QED) is 0.751. The molecule has 9 heteroatoms. The van der Waals surface area contributed by atoms with Crippen molar-refractivity contribution in [2.24, 2.45) is 7.05 Å². The van der Waals surface area contributed by atoms with Gasteiger partial charge in [0.05, 0.1) is 23.4 Å². The Balaban J connectivity index is 2.76. The molecule has 0 radical (unpaired) electrons. The van der Waals surface area contributed by atoms with Gasteiger partial charge in [0.2, 0.25) is 0 Å². The van der Waals surface area contributed by atoms with Crippen LogP contribution in [0.5, 0.6) is 0 Å². The molecule has 1 N–H and O–H groups in total. The summed E-state index contributed by atoms with van der Waals surface area (Å²) in [6.45, 7) is 0. The van der Waals surface area contributed by atoms with Crippen molar-refractivity contribution in [1.82, 2.24) is 9.78 Å². The van der Waals surface area contributed by atoms with Gasteiger partial charge in [0.1, 0.15) is 15.4 Å². The number of carboxylic acid groups (broad SMARTS) is 1. The Bertz CT molecular complexity index is 576. The van der Waals surface area contributed by atoms with E-state index < -0.39 is 26.6 Å². The van der Waals surface area contributed by atoms with Gasteiger partial charge >= 0.3 is 5.97 Å². The third kappa shape index (κ3) is 4.22. The molecule has 102 valence electrons. The third-order valence-electron chi connectivity index (χ3n) is 2.27. The van der Waals surface area contributed by atoms with E-state index >= 15 is 0 Å². The monoisotopic (exact) mass is 294 g/mol. The van der Waals surface area contributed by atoms with Crippen LogP contribution >= 0.6 is 0 Å². The Hall–Kier alpha value is -1.22. The first kappa shape index (κ1) is 14.8. The highest BCUT2D eigenvalue weighted by Crippen LogP contribution is 2.10. The number of hydrogen-bond acceptors (Lipinski definition) is 5. The van der Waals surface area contributed by atoms with Gasteiger partial charge < -0.3 is 5.11 Å². The molecule has 1 aromatic rings. The fourth-order valence-corrected chi connectivity index (χ4v) is 4.03. The molecular weight excluding hydrogens is 280 g/mol. The second-order valence-corrected chi connectivity index (χ2v) is 7.69. The molecule has 1 rings (SSSR count). The average molecular weight is 294 g/mol. The fourth-order valence-electron chi connectivity index (χ4n) is 1.28. The molecule has 0 amide bonds. The Kier molecular flexibility index (Phi) is 4.63. The molecule has 0 aliphatic heterocycles. The highest BCUT2D eigenvalue weighted by Gasteiger charge is 2.17. The molecule has 7 nitrogen and oxygen atoms in total. The van der Waals surface area contributed by atoms with Crippen molar-refractivity contribution in [1.29, 1.82) is 0 Å². The van der Waals surface area contributed by atoms with Gasteiger partial charge in [-0.2, -0.15) is 5.10 Å². The Morgan fingerprint density at radius 3 is 2.67 bits per heavy atom. The van der Waals surface area contributed by atoms with Crippen molar-refractivity contribution in [3.63, 3.8) is 0 Å². The van der Waals surface area contributed by atoms with E-state index in [0.717, 1.165) is 6.26 Å². The van der Waals surface area contributed by atoms with Crippen LogP contribution in [0.2, 0.25) is 0 Å². The Morgan fingerprint density at radius 2 is 2.17 bits per heavy atom. The number of aryl methyl sites for hydroxylation is 1. The van der Waals surface area contributed by atoms with E-state index in [4.69, 9.17) is 5.11 Å². The molecule has 0 aliphatic rings. The summed E-state index contributed by atoms with van der Waals surface area (Å²) in [5, 5.41) is 12.7.